The third-order valence-corrected chi connectivity index (χ3v) is 3.97. The van der Waals surface area contributed by atoms with Gasteiger partial charge in [-0.05, 0) is 32.0 Å². The van der Waals surface area contributed by atoms with Crippen LogP contribution in [0.1, 0.15) is 19.4 Å². The molecule has 5 heteroatoms. The molecule has 4 nitrogen and oxygen atoms in total. The maximum Gasteiger partial charge on any atom is 0.235 e. The topological polar surface area (TPSA) is 46.9 Å². The van der Waals surface area contributed by atoms with Crippen molar-refractivity contribution in [2.24, 2.45) is 0 Å². The van der Waals surface area contributed by atoms with Crippen LogP contribution >= 0.6 is 0 Å². The number of hydrogen-bond donors (Lipinski definition) is 1. The normalized spacial score (nSPS) is 11.3. The van der Waals surface area contributed by atoms with Crippen molar-refractivity contribution in [2.45, 2.75) is 19.3 Å². The molecule has 2 aromatic carbocycles. The molecule has 0 unspecified atom stereocenters. The van der Waals surface area contributed by atoms with Crippen LogP contribution in [0.5, 0.6) is 0 Å². The number of hydrogen-bond acceptors (Lipinski definition) is 2. The third-order valence-electron chi connectivity index (χ3n) is 3.97. The summed E-state index contributed by atoms with van der Waals surface area (Å²) in [5.74, 6) is -0.286. The number of amides is 1. The highest BCUT2D eigenvalue weighted by molar-refractivity contribution is 5.97. The summed E-state index contributed by atoms with van der Waals surface area (Å²) in [5, 5.41) is 7.10. The van der Waals surface area contributed by atoms with E-state index in [4.69, 9.17) is 0 Å². The fraction of sp³-hybridized carbons (Fsp3) is 0.158. The number of rotatable bonds is 4. The summed E-state index contributed by atoms with van der Waals surface area (Å²) in [7, 11) is 0. The molecule has 0 bridgehead atoms. The molecule has 0 atom stereocenters. The van der Waals surface area contributed by atoms with E-state index < -0.39 is 11.2 Å². The molecule has 1 N–H and O–H groups in total. The van der Waals surface area contributed by atoms with E-state index in [2.05, 4.69) is 10.4 Å². The predicted octanol–water partition coefficient (Wildman–Crippen LogP) is 3.93. The van der Waals surface area contributed by atoms with E-state index in [9.17, 15) is 9.18 Å². The molecule has 0 aliphatic heterocycles. The Morgan fingerprint density at radius 2 is 1.71 bits per heavy atom. The van der Waals surface area contributed by atoms with E-state index in [0.717, 1.165) is 5.69 Å². The number of halogens is 1. The minimum Gasteiger partial charge on any atom is -0.308 e. The molecule has 1 aromatic heterocycles. The molecular formula is C19H18FN3O. The minimum absolute atomic E-state index is 0.314. The highest BCUT2D eigenvalue weighted by Gasteiger charge is 2.32. The summed E-state index contributed by atoms with van der Waals surface area (Å²) in [5.41, 5.74) is 0.235. The second-order valence-electron chi connectivity index (χ2n) is 6.04. The largest absolute Gasteiger partial charge is 0.308 e. The number of nitrogens with zero attached hydrogens (tertiary/aromatic N) is 2. The molecule has 122 valence electrons. The standard InChI is InChI=1S/C19H18FN3O/c1-19(2,15-10-6-7-11-16(15)20)18(24)21-17-12-13-23(22-17)14-8-4-3-5-9-14/h3-13H,1-2H3,(H,21,22,24). The van der Waals surface area contributed by atoms with Gasteiger partial charge in [0, 0.05) is 17.8 Å². The molecule has 1 heterocycles. The molecule has 0 aliphatic rings. The van der Waals surface area contributed by atoms with Gasteiger partial charge in [-0.1, -0.05) is 36.4 Å². The second kappa shape index (κ2) is 6.28. The number of anilines is 1. The molecule has 3 rings (SSSR count). The molecule has 0 radical (unpaired) electrons. The Hall–Kier alpha value is -2.95. The van der Waals surface area contributed by atoms with Crippen LogP contribution in [0.3, 0.4) is 0 Å². The summed E-state index contributed by atoms with van der Waals surface area (Å²) in [6, 6.07) is 17.6. The average molecular weight is 323 g/mol. The van der Waals surface area contributed by atoms with Gasteiger partial charge in [-0.3, -0.25) is 4.79 Å². The zero-order valence-electron chi connectivity index (χ0n) is 13.5. The number of para-hydroxylation sites is 1. The van der Waals surface area contributed by atoms with Crippen molar-refractivity contribution in [3.63, 3.8) is 0 Å². The molecule has 0 spiro atoms. The van der Waals surface area contributed by atoms with E-state index in [1.165, 1.54) is 6.07 Å². The first-order chi connectivity index (χ1) is 11.5. The molecule has 0 aliphatic carbocycles. The third kappa shape index (κ3) is 3.06. The van der Waals surface area contributed by atoms with E-state index in [1.807, 2.05) is 30.3 Å². The predicted molar refractivity (Wildman–Crippen MR) is 91.6 cm³/mol. The van der Waals surface area contributed by atoms with Crippen LogP contribution in [0.2, 0.25) is 0 Å². The number of benzene rings is 2. The van der Waals surface area contributed by atoms with Crippen molar-refractivity contribution in [1.82, 2.24) is 9.78 Å². The maximum atomic E-state index is 14.0. The zero-order chi connectivity index (χ0) is 17.2. The Balaban J connectivity index is 1.80. The van der Waals surface area contributed by atoms with Gasteiger partial charge in [0.15, 0.2) is 5.82 Å². The van der Waals surface area contributed by atoms with Crippen LogP contribution in [0.4, 0.5) is 10.2 Å². The number of aromatic nitrogens is 2. The van der Waals surface area contributed by atoms with Crippen molar-refractivity contribution in [2.75, 3.05) is 5.32 Å². The maximum absolute atomic E-state index is 14.0. The summed E-state index contributed by atoms with van der Waals surface area (Å²) in [6.07, 6.45) is 1.76. The smallest absolute Gasteiger partial charge is 0.235 e. The highest BCUT2D eigenvalue weighted by atomic mass is 19.1. The molecule has 0 fully saturated rings. The van der Waals surface area contributed by atoms with Crippen LogP contribution < -0.4 is 5.32 Å². The lowest BCUT2D eigenvalue weighted by Crippen LogP contribution is -2.35. The summed E-state index contributed by atoms with van der Waals surface area (Å²) < 4.78 is 15.7. The second-order valence-corrected chi connectivity index (χ2v) is 6.04. The molecule has 3 aromatic rings. The first-order valence-corrected chi connectivity index (χ1v) is 7.66. The summed E-state index contributed by atoms with van der Waals surface area (Å²) >= 11 is 0. The lowest BCUT2D eigenvalue weighted by molar-refractivity contribution is -0.120. The first kappa shape index (κ1) is 15.9. The van der Waals surface area contributed by atoms with Gasteiger partial charge in [0.25, 0.3) is 0 Å². The van der Waals surface area contributed by atoms with Gasteiger partial charge in [-0.25, -0.2) is 9.07 Å². The SMILES string of the molecule is CC(C)(C(=O)Nc1ccn(-c2ccccc2)n1)c1ccccc1F. The van der Waals surface area contributed by atoms with Crippen molar-refractivity contribution in [3.05, 3.63) is 78.2 Å². The Morgan fingerprint density at radius 3 is 2.42 bits per heavy atom. The van der Waals surface area contributed by atoms with Gasteiger partial charge < -0.3 is 5.32 Å². The van der Waals surface area contributed by atoms with Gasteiger partial charge in [0.1, 0.15) is 5.82 Å². The van der Waals surface area contributed by atoms with Crippen LogP contribution in [0.25, 0.3) is 5.69 Å². The Kier molecular flexibility index (Phi) is 4.16. The van der Waals surface area contributed by atoms with Gasteiger partial charge in [-0.15, -0.1) is 0 Å². The first-order valence-electron chi connectivity index (χ1n) is 7.66. The monoisotopic (exact) mass is 323 g/mol. The number of nitrogens with one attached hydrogen (secondary N) is 1. The van der Waals surface area contributed by atoms with E-state index in [1.54, 1.807) is 49.0 Å². The van der Waals surface area contributed by atoms with Crippen molar-refractivity contribution >= 4 is 11.7 Å². The molecular weight excluding hydrogens is 305 g/mol. The van der Waals surface area contributed by atoms with Crippen LogP contribution in [-0.4, -0.2) is 15.7 Å². The lowest BCUT2D eigenvalue weighted by atomic mass is 9.83. The molecule has 24 heavy (non-hydrogen) atoms. The number of carbonyl (C=O) groups excluding carboxylic acids is 1. The van der Waals surface area contributed by atoms with Crippen LogP contribution in [-0.2, 0) is 10.2 Å². The fourth-order valence-corrected chi connectivity index (χ4v) is 2.48. The highest BCUT2D eigenvalue weighted by Crippen LogP contribution is 2.27. The zero-order valence-corrected chi connectivity index (χ0v) is 13.5. The molecule has 0 saturated carbocycles. The van der Waals surface area contributed by atoms with E-state index >= 15 is 0 Å². The summed E-state index contributed by atoms with van der Waals surface area (Å²) in [6.45, 7) is 3.38. The van der Waals surface area contributed by atoms with Crippen LogP contribution in [0, 0.1) is 5.82 Å². The van der Waals surface area contributed by atoms with Gasteiger partial charge in [0.05, 0.1) is 11.1 Å². The van der Waals surface area contributed by atoms with E-state index in [0.29, 0.717) is 11.4 Å². The van der Waals surface area contributed by atoms with Gasteiger partial charge in [0.2, 0.25) is 5.91 Å². The Bertz CT molecular complexity index is 856. The minimum atomic E-state index is -1.01. The number of carbonyl (C=O) groups is 1. The van der Waals surface area contributed by atoms with E-state index in [-0.39, 0.29) is 5.91 Å². The molecule has 0 saturated heterocycles. The molecule has 1 amide bonds. The van der Waals surface area contributed by atoms with Crippen LogP contribution in [0.15, 0.2) is 66.9 Å². The van der Waals surface area contributed by atoms with Gasteiger partial charge in [-0.2, -0.15) is 5.10 Å². The van der Waals surface area contributed by atoms with Crippen molar-refractivity contribution in [1.29, 1.82) is 0 Å². The Morgan fingerprint density at radius 1 is 1.04 bits per heavy atom. The average Bonchev–Trinajstić information content (AvgIpc) is 3.04. The summed E-state index contributed by atoms with van der Waals surface area (Å²) in [4.78, 5) is 12.6. The van der Waals surface area contributed by atoms with Gasteiger partial charge >= 0.3 is 0 Å². The fourth-order valence-electron chi connectivity index (χ4n) is 2.48. The Labute approximate surface area is 139 Å². The quantitative estimate of drug-likeness (QED) is 0.791. The lowest BCUT2D eigenvalue weighted by Gasteiger charge is -2.24. The van der Waals surface area contributed by atoms with Crippen molar-refractivity contribution in [3.8, 4) is 5.69 Å². The van der Waals surface area contributed by atoms with Crippen molar-refractivity contribution < 1.29 is 9.18 Å².